The highest BCUT2D eigenvalue weighted by Crippen LogP contribution is 2.11. The van der Waals surface area contributed by atoms with Gasteiger partial charge < -0.3 is 18.9 Å². The Labute approximate surface area is 162 Å². The van der Waals surface area contributed by atoms with Crippen LogP contribution in [0, 0.1) is 0 Å². The first-order valence-corrected chi connectivity index (χ1v) is 8.71. The fourth-order valence-electron chi connectivity index (χ4n) is 1.75. The van der Waals surface area contributed by atoms with E-state index >= 15 is 0 Å². The van der Waals surface area contributed by atoms with Crippen LogP contribution in [-0.2, 0) is 18.9 Å². The summed E-state index contributed by atoms with van der Waals surface area (Å²) < 4.78 is 20.3. The highest BCUT2D eigenvalue weighted by Gasteiger charge is 2.18. The van der Waals surface area contributed by atoms with Gasteiger partial charge in [0.05, 0.1) is 35.4 Å². The Morgan fingerprint density at radius 3 is 1.46 bits per heavy atom. The molecule has 8 heteroatoms. The molecule has 1 rings (SSSR count). The highest BCUT2D eigenvalue weighted by molar-refractivity contribution is 6.18. The first kappa shape index (κ1) is 21.9. The molecule has 0 aliphatic carbocycles. The molecule has 142 valence electrons. The fraction of sp³-hybridized carbons (Fsp3) is 0.333. The van der Waals surface area contributed by atoms with Gasteiger partial charge in [-0.25, -0.2) is 9.59 Å². The topological polar surface area (TPSA) is 71.1 Å². The monoisotopic (exact) mass is 402 g/mol. The molecule has 0 amide bonds. The average Bonchev–Trinajstić information content (AvgIpc) is 2.67. The number of carbonyl (C=O) groups is 2. The maximum atomic E-state index is 12.1. The number of hydrogen-bond acceptors (Lipinski definition) is 6. The molecule has 6 nitrogen and oxygen atoms in total. The zero-order chi connectivity index (χ0) is 19.4. The lowest BCUT2D eigenvalue weighted by molar-refractivity contribution is 0.0173. The van der Waals surface area contributed by atoms with Crippen molar-refractivity contribution < 1.29 is 28.5 Å². The third-order valence-electron chi connectivity index (χ3n) is 3.05. The van der Waals surface area contributed by atoms with Gasteiger partial charge in [0, 0.05) is 0 Å². The Hall–Kier alpha value is -2.18. The SMILES string of the molecule is C=COCC(CCl)OC(=O)c1ccc(C(=O)OC(CCl)COC=C)cc1. The summed E-state index contributed by atoms with van der Waals surface area (Å²) in [6.45, 7) is 7.02. The van der Waals surface area contributed by atoms with E-state index in [2.05, 4.69) is 13.2 Å². The van der Waals surface area contributed by atoms with E-state index in [1.165, 1.54) is 36.8 Å². The molecule has 0 N–H and O–H groups in total. The normalized spacial score (nSPS) is 12.4. The summed E-state index contributed by atoms with van der Waals surface area (Å²) in [7, 11) is 0. The van der Waals surface area contributed by atoms with Gasteiger partial charge in [-0.05, 0) is 24.3 Å². The van der Waals surface area contributed by atoms with Crippen LogP contribution in [0.4, 0.5) is 0 Å². The van der Waals surface area contributed by atoms with Gasteiger partial charge in [0.25, 0.3) is 0 Å². The Morgan fingerprint density at radius 2 is 1.19 bits per heavy atom. The van der Waals surface area contributed by atoms with Crippen molar-refractivity contribution >= 4 is 35.1 Å². The maximum Gasteiger partial charge on any atom is 0.338 e. The van der Waals surface area contributed by atoms with E-state index in [1.54, 1.807) is 0 Å². The van der Waals surface area contributed by atoms with Gasteiger partial charge >= 0.3 is 11.9 Å². The molecule has 0 spiro atoms. The lowest BCUT2D eigenvalue weighted by Crippen LogP contribution is -2.25. The van der Waals surface area contributed by atoms with Gasteiger partial charge in [0.15, 0.2) is 0 Å². The van der Waals surface area contributed by atoms with E-state index in [0.29, 0.717) is 0 Å². The molecule has 1 aromatic carbocycles. The van der Waals surface area contributed by atoms with Crippen LogP contribution >= 0.6 is 23.2 Å². The van der Waals surface area contributed by atoms with Crippen molar-refractivity contribution in [3.8, 4) is 0 Å². The molecule has 0 saturated heterocycles. The predicted octanol–water partition coefficient (Wildman–Crippen LogP) is 3.54. The lowest BCUT2D eigenvalue weighted by atomic mass is 10.1. The second kappa shape index (κ2) is 12.2. The second-order valence-corrected chi connectivity index (χ2v) is 5.56. The molecular formula is C18H20Cl2O6. The first-order chi connectivity index (χ1) is 12.5. The molecule has 0 aromatic heterocycles. The number of rotatable bonds is 12. The van der Waals surface area contributed by atoms with Crippen LogP contribution < -0.4 is 0 Å². The molecule has 0 aliphatic heterocycles. The van der Waals surface area contributed by atoms with E-state index in [-0.39, 0.29) is 36.1 Å². The molecular weight excluding hydrogens is 383 g/mol. The Balaban J connectivity index is 2.66. The number of halogens is 2. The zero-order valence-electron chi connectivity index (χ0n) is 14.1. The molecule has 0 radical (unpaired) electrons. The van der Waals surface area contributed by atoms with Gasteiger partial charge in [0.2, 0.25) is 0 Å². The van der Waals surface area contributed by atoms with Crippen molar-refractivity contribution in [3.05, 3.63) is 61.1 Å². The van der Waals surface area contributed by atoms with Crippen molar-refractivity contribution in [3.63, 3.8) is 0 Å². The minimum absolute atomic E-state index is 0.0799. The largest absolute Gasteiger partial charge is 0.498 e. The predicted molar refractivity (Wildman–Crippen MR) is 98.6 cm³/mol. The molecule has 0 aliphatic rings. The number of esters is 2. The number of carbonyl (C=O) groups excluding carboxylic acids is 2. The summed E-state index contributed by atoms with van der Waals surface area (Å²) in [6, 6.07) is 5.81. The first-order valence-electron chi connectivity index (χ1n) is 7.64. The summed E-state index contributed by atoms with van der Waals surface area (Å²) >= 11 is 11.4. The van der Waals surface area contributed by atoms with E-state index in [1.807, 2.05) is 0 Å². The van der Waals surface area contributed by atoms with Gasteiger partial charge in [-0.3, -0.25) is 0 Å². The quantitative estimate of drug-likeness (QED) is 0.302. The fourth-order valence-corrected chi connectivity index (χ4v) is 2.06. The van der Waals surface area contributed by atoms with Crippen LogP contribution in [0.5, 0.6) is 0 Å². The number of alkyl halides is 2. The minimum atomic E-state index is -0.610. The third kappa shape index (κ3) is 7.37. The zero-order valence-corrected chi connectivity index (χ0v) is 15.6. The van der Waals surface area contributed by atoms with Gasteiger partial charge in [-0.2, -0.15) is 0 Å². The number of ether oxygens (including phenoxy) is 4. The number of hydrogen-bond donors (Lipinski definition) is 0. The van der Waals surface area contributed by atoms with E-state index < -0.39 is 24.1 Å². The van der Waals surface area contributed by atoms with E-state index in [9.17, 15) is 9.59 Å². The van der Waals surface area contributed by atoms with Crippen molar-refractivity contribution in [1.82, 2.24) is 0 Å². The molecule has 26 heavy (non-hydrogen) atoms. The Kier molecular flexibility index (Phi) is 10.3. The van der Waals surface area contributed by atoms with E-state index in [0.717, 1.165) is 0 Å². The van der Waals surface area contributed by atoms with E-state index in [4.69, 9.17) is 42.1 Å². The van der Waals surface area contributed by atoms with Crippen LogP contribution in [0.25, 0.3) is 0 Å². The molecule has 0 heterocycles. The van der Waals surface area contributed by atoms with Crippen LogP contribution in [0.3, 0.4) is 0 Å². The smallest absolute Gasteiger partial charge is 0.338 e. The third-order valence-corrected chi connectivity index (χ3v) is 3.74. The summed E-state index contributed by atoms with van der Waals surface area (Å²) in [4.78, 5) is 24.2. The molecule has 0 fully saturated rings. The van der Waals surface area contributed by atoms with Gasteiger partial charge in [0.1, 0.15) is 25.4 Å². The second-order valence-electron chi connectivity index (χ2n) is 4.94. The summed E-state index contributed by atoms with van der Waals surface area (Å²) in [5, 5.41) is 0. The maximum absolute atomic E-state index is 12.1. The minimum Gasteiger partial charge on any atom is -0.498 e. The summed E-state index contributed by atoms with van der Waals surface area (Å²) in [6.07, 6.45) is 1.26. The van der Waals surface area contributed by atoms with Crippen molar-refractivity contribution in [2.45, 2.75) is 12.2 Å². The molecule has 0 saturated carbocycles. The standard InChI is InChI=1S/C18H20Cl2O6/c1-3-23-11-15(9-19)25-17(21)13-5-7-14(8-6-13)18(22)26-16(10-20)12-24-4-2/h3-8,15-16H,1-2,9-12H2. The van der Waals surface area contributed by atoms with Crippen LogP contribution in [0.15, 0.2) is 49.9 Å². The molecule has 2 atom stereocenters. The summed E-state index contributed by atoms with van der Waals surface area (Å²) in [5.74, 6) is -1.00. The molecule has 2 unspecified atom stereocenters. The lowest BCUT2D eigenvalue weighted by Gasteiger charge is -2.15. The van der Waals surface area contributed by atoms with Gasteiger partial charge in [-0.15, -0.1) is 23.2 Å². The average molecular weight is 403 g/mol. The number of benzene rings is 1. The molecule has 0 bridgehead atoms. The Bertz CT molecular complexity index is 549. The van der Waals surface area contributed by atoms with Crippen LogP contribution in [0.2, 0.25) is 0 Å². The summed E-state index contributed by atoms with van der Waals surface area (Å²) in [5.41, 5.74) is 0.526. The van der Waals surface area contributed by atoms with Crippen LogP contribution in [-0.4, -0.2) is 49.1 Å². The molecule has 1 aromatic rings. The van der Waals surface area contributed by atoms with Crippen molar-refractivity contribution in [2.24, 2.45) is 0 Å². The van der Waals surface area contributed by atoms with Crippen LogP contribution in [0.1, 0.15) is 20.7 Å². The van der Waals surface area contributed by atoms with Crippen molar-refractivity contribution in [2.75, 3.05) is 25.0 Å². The van der Waals surface area contributed by atoms with Gasteiger partial charge in [-0.1, -0.05) is 13.2 Å². The highest BCUT2D eigenvalue weighted by atomic mass is 35.5. The van der Waals surface area contributed by atoms with Crippen molar-refractivity contribution in [1.29, 1.82) is 0 Å². The Morgan fingerprint density at radius 1 is 0.846 bits per heavy atom.